The van der Waals surface area contributed by atoms with Crippen molar-refractivity contribution < 1.29 is 45.6 Å². The molecule has 0 radical (unpaired) electrons. The van der Waals surface area contributed by atoms with Gasteiger partial charge >= 0.3 is 35.5 Å². The molecule has 1 rings (SSSR count). The molecule has 0 aromatic rings. The van der Waals surface area contributed by atoms with E-state index in [0.717, 1.165) is 6.42 Å². The van der Waals surface area contributed by atoms with Gasteiger partial charge in [0.15, 0.2) is 6.10 Å². The number of rotatable bonds is 1. The Hall–Kier alpha value is 0.430. The summed E-state index contributed by atoms with van der Waals surface area (Å²) < 4.78 is 4.81. The first kappa shape index (κ1) is 9.43. The zero-order valence-electron chi connectivity index (χ0n) is 6.46. The van der Waals surface area contributed by atoms with Crippen LogP contribution in [-0.2, 0) is 9.53 Å². The van der Waals surface area contributed by atoms with Gasteiger partial charge in [-0.05, 0) is 12.8 Å². The van der Waals surface area contributed by atoms with Crippen LogP contribution in [0.3, 0.4) is 0 Å². The number of ether oxygens (including phenoxy) is 1. The van der Waals surface area contributed by atoms with Gasteiger partial charge in [-0.1, -0.05) is 0 Å². The molecule has 1 unspecified atom stereocenters. The second kappa shape index (κ2) is 4.28. The van der Waals surface area contributed by atoms with Crippen LogP contribution in [0.5, 0.6) is 0 Å². The van der Waals surface area contributed by atoms with Gasteiger partial charge in [-0.15, -0.1) is 0 Å². The van der Waals surface area contributed by atoms with E-state index in [4.69, 9.17) is 9.84 Å². The largest absolute Gasteiger partial charge is 1.00 e. The first-order chi connectivity index (χ1) is 3.80. The van der Waals surface area contributed by atoms with Crippen molar-refractivity contribution in [2.45, 2.75) is 18.9 Å². The molecule has 3 nitrogen and oxygen atoms in total. The Morgan fingerprint density at radius 3 is 2.67 bits per heavy atom. The summed E-state index contributed by atoms with van der Waals surface area (Å²) in [6.07, 6.45) is 1.04. The van der Waals surface area contributed by atoms with Gasteiger partial charge < -0.3 is 11.3 Å². The third kappa shape index (κ3) is 2.67. The average Bonchev–Trinajstić information content (AvgIpc) is 2.12. The Labute approximate surface area is 77.2 Å². The van der Waals surface area contributed by atoms with Gasteiger partial charge in [0.1, 0.15) is 0 Å². The van der Waals surface area contributed by atoms with E-state index in [9.17, 15) is 4.79 Å². The number of carbonyl (C=O) groups is 1. The van der Waals surface area contributed by atoms with E-state index in [2.05, 4.69) is 0 Å². The maximum atomic E-state index is 10.1. The van der Waals surface area contributed by atoms with E-state index >= 15 is 0 Å². The maximum Gasteiger partial charge on any atom is 1.00 e. The average molecular weight is 140 g/mol. The second-order valence-corrected chi connectivity index (χ2v) is 1.84. The summed E-state index contributed by atoms with van der Waals surface area (Å²) in [5, 5.41) is 8.29. The molecular formula is C5H9NaO3. The van der Waals surface area contributed by atoms with Gasteiger partial charge in [0.25, 0.3) is 0 Å². The fraction of sp³-hybridized carbons (Fsp3) is 0.800. The summed E-state index contributed by atoms with van der Waals surface area (Å²) in [6.45, 7) is 0.608. The molecule has 1 aliphatic heterocycles. The minimum absolute atomic E-state index is 0. The van der Waals surface area contributed by atoms with Crippen LogP contribution in [0, 0.1) is 0 Å². The minimum atomic E-state index is -0.831. The smallest absolute Gasteiger partial charge is 1.00 e. The first-order valence-electron chi connectivity index (χ1n) is 2.65. The molecule has 0 aromatic heterocycles. The number of aliphatic carboxylic acids is 1. The van der Waals surface area contributed by atoms with Crippen LogP contribution < -0.4 is 29.6 Å². The molecule has 1 heterocycles. The molecule has 1 aliphatic rings. The fourth-order valence-electron chi connectivity index (χ4n) is 0.772. The van der Waals surface area contributed by atoms with Crippen LogP contribution in [0.25, 0.3) is 0 Å². The van der Waals surface area contributed by atoms with Gasteiger partial charge in [-0.2, -0.15) is 0 Å². The Morgan fingerprint density at radius 2 is 2.44 bits per heavy atom. The minimum Gasteiger partial charge on any atom is -1.00 e. The SMILES string of the molecule is O=C(O)C1CCCO1.[H-].[Na+]. The van der Waals surface area contributed by atoms with Crippen LogP contribution in [0.1, 0.15) is 14.3 Å². The Balaban J connectivity index is 0. The molecule has 0 bridgehead atoms. The normalized spacial score (nSPS) is 25.1. The standard InChI is InChI=1S/C5H8O3.Na.H/c6-5(7)4-2-1-3-8-4;;/h4H,1-3H2,(H,6,7);;/q;+1;-1. The summed E-state index contributed by atoms with van der Waals surface area (Å²) in [5.74, 6) is -0.831. The molecule has 0 spiro atoms. The van der Waals surface area contributed by atoms with Gasteiger partial charge in [-0.25, -0.2) is 4.79 Å². The van der Waals surface area contributed by atoms with E-state index < -0.39 is 12.1 Å². The summed E-state index contributed by atoms with van der Waals surface area (Å²) in [6, 6.07) is 0. The van der Waals surface area contributed by atoms with Crippen molar-refractivity contribution in [3.8, 4) is 0 Å². The van der Waals surface area contributed by atoms with Crippen LogP contribution in [-0.4, -0.2) is 23.8 Å². The molecule has 1 atom stereocenters. The van der Waals surface area contributed by atoms with Crippen molar-refractivity contribution in [2.24, 2.45) is 0 Å². The topological polar surface area (TPSA) is 46.5 Å². The molecule has 0 aromatic carbocycles. The molecule has 1 saturated heterocycles. The number of hydrogen-bond donors (Lipinski definition) is 1. The van der Waals surface area contributed by atoms with Crippen molar-refractivity contribution in [3.05, 3.63) is 0 Å². The van der Waals surface area contributed by atoms with Crippen molar-refractivity contribution in [3.63, 3.8) is 0 Å². The predicted molar refractivity (Wildman–Crippen MR) is 27.7 cm³/mol. The summed E-state index contributed by atoms with van der Waals surface area (Å²) >= 11 is 0. The van der Waals surface area contributed by atoms with Crippen molar-refractivity contribution in [1.82, 2.24) is 0 Å². The van der Waals surface area contributed by atoms with Gasteiger partial charge in [0.05, 0.1) is 0 Å². The Morgan fingerprint density at radius 1 is 1.78 bits per heavy atom. The molecule has 48 valence electrons. The van der Waals surface area contributed by atoms with Crippen LogP contribution >= 0.6 is 0 Å². The Kier molecular flexibility index (Phi) is 4.48. The fourth-order valence-corrected chi connectivity index (χ4v) is 0.772. The summed E-state index contributed by atoms with van der Waals surface area (Å²) in [4.78, 5) is 10.1. The monoisotopic (exact) mass is 140 g/mol. The second-order valence-electron chi connectivity index (χ2n) is 1.84. The summed E-state index contributed by atoms with van der Waals surface area (Å²) in [7, 11) is 0. The van der Waals surface area contributed by atoms with Gasteiger partial charge in [-0.3, -0.25) is 0 Å². The van der Waals surface area contributed by atoms with E-state index in [1.165, 1.54) is 0 Å². The van der Waals surface area contributed by atoms with E-state index in [-0.39, 0.29) is 31.0 Å². The third-order valence-electron chi connectivity index (χ3n) is 1.21. The summed E-state index contributed by atoms with van der Waals surface area (Å²) in [5.41, 5.74) is 0. The Bertz CT molecular complexity index is 103. The van der Waals surface area contributed by atoms with Gasteiger partial charge in [0, 0.05) is 6.61 Å². The molecule has 0 amide bonds. The molecule has 4 heteroatoms. The van der Waals surface area contributed by atoms with Crippen molar-refractivity contribution in [2.75, 3.05) is 6.61 Å². The first-order valence-corrected chi connectivity index (χ1v) is 2.65. The van der Waals surface area contributed by atoms with Crippen molar-refractivity contribution >= 4 is 5.97 Å². The number of hydrogen-bond acceptors (Lipinski definition) is 2. The quantitative estimate of drug-likeness (QED) is 0.405. The van der Waals surface area contributed by atoms with Crippen LogP contribution in [0.4, 0.5) is 0 Å². The molecule has 1 N–H and O–H groups in total. The van der Waals surface area contributed by atoms with E-state index in [1.54, 1.807) is 0 Å². The molecule has 9 heavy (non-hydrogen) atoms. The predicted octanol–water partition coefficient (Wildman–Crippen LogP) is -2.63. The zero-order valence-corrected chi connectivity index (χ0v) is 7.46. The maximum absolute atomic E-state index is 10.1. The van der Waals surface area contributed by atoms with E-state index in [1.807, 2.05) is 0 Å². The number of carboxylic acids is 1. The molecule has 1 fully saturated rings. The van der Waals surface area contributed by atoms with Crippen LogP contribution in [0.2, 0.25) is 0 Å². The van der Waals surface area contributed by atoms with Crippen molar-refractivity contribution in [1.29, 1.82) is 0 Å². The molecule has 0 aliphatic carbocycles. The molecule has 0 saturated carbocycles. The van der Waals surface area contributed by atoms with E-state index in [0.29, 0.717) is 13.0 Å². The number of carboxylic acid groups (broad SMARTS) is 1. The van der Waals surface area contributed by atoms with Crippen LogP contribution in [0.15, 0.2) is 0 Å². The van der Waals surface area contributed by atoms with Gasteiger partial charge in [0.2, 0.25) is 0 Å². The third-order valence-corrected chi connectivity index (χ3v) is 1.21. The molecular weight excluding hydrogens is 131 g/mol. The zero-order chi connectivity index (χ0) is 5.98.